The van der Waals surface area contributed by atoms with Gasteiger partial charge < -0.3 is 4.74 Å². The van der Waals surface area contributed by atoms with Crippen LogP contribution < -0.4 is 0 Å². The molecule has 1 spiro atoms. The van der Waals surface area contributed by atoms with Gasteiger partial charge in [-0.05, 0) is 30.7 Å². The largest absolute Gasteiger partial charge is 0.379 e. The van der Waals surface area contributed by atoms with Gasteiger partial charge in [0.2, 0.25) is 0 Å². The van der Waals surface area contributed by atoms with Gasteiger partial charge in [-0.3, -0.25) is 14.8 Å². The Kier molecular flexibility index (Phi) is 4.89. The van der Waals surface area contributed by atoms with Crippen LogP contribution in [0.5, 0.6) is 0 Å². The van der Waals surface area contributed by atoms with Crippen LogP contribution in [0.3, 0.4) is 0 Å². The molecule has 2 aromatic rings. The van der Waals surface area contributed by atoms with E-state index in [1.807, 2.05) is 18.6 Å². The van der Waals surface area contributed by atoms with E-state index in [4.69, 9.17) is 4.74 Å². The van der Waals surface area contributed by atoms with E-state index < -0.39 is 0 Å². The molecule has 2 fully saturated rings. The smallest absolute Gasteiger partial charge is 0.107 e. The molecule has 0 bridgehead atoms. The highest BCUT2D eigenvalue weighted by molar-refractivity contribution is 7.09. The molecule has 0 radical (unpaired) electrons. The molecule has 128 valence electrons. The number of likely N-dealkylation sites (tertiary alicyclic amines) is 1. The third kappa shape index (κ3) is 3.83. The minimum atomic E-state index is 0.265. The van der Waals surface area contributed by atoms with Crippen LogP contribution in [0.4, 0.5) is 0 Å². The summed E-state index contributed by atoms with van der Waals surface area (Å²) < 4.78 is 5.99. The van der Waals surface area contributed by atoms with E-state index in [9.17, 15) is 0 Å². The maximum absolute atomic E-state index is 5.99. The highest BCUT2D eigenvalue weighted by Crippen LogP contribution is 2.34. The molecule has 0 N–H and O–H groups in total. The summed E-state index contributed by atoms with van der Waals surface area (Å²) in [7, 11) is 0. The molecule has 2 aliphatic heterocycles. The number of aromatic nitrogens is 2. The van der Waals surface area contributed by atoms with Crippen molar-refractivity contribution in [1.82, 2.24) is 19.8 Å². The number of thiazole rings is 1. The predicted octanol–water partition coefficient (Wildman–Crippen LogP) is 2.26. The first-order chi connectivity index (χ1) is 11.8. The van der Waals surface area contributed by atoms with E-state index in [2.05, 4.69) is 37.3 Å². The normalized spacial score (nSPS) is 26.0. The summed E-state index contributed by atoms with van der Waals surface area (Å²) in [6.45, 7) is 8.06. The second-order valence-electron chi connectivity index (χ2n) is 7.01. The van der Waals surface area contributed by atoms with Crippen molar-refractivity contribution in [1.29, 1.82) is 0 Å². The quantitative estimate of drug-likeness (QED) is 0.851. The number of pyridine rings is 1. The third-order valence-corrected chi connectivity index (χ3v) is 5.80. The lowest BCUT2D eigenvalue weighted by Gasteiger charge is -2.32. The van der Waals surface area contributed by atoms with Crippen molar-refractivity contribution >= 4 is 11.3 Å². The molecule has 4 heterocycles. The molecule has 2 aliphatic rings. The summed E-state index contributed by atoms with van der Waals surface area (Å²) in [5.74, 6) is 0. The summed E-state index contributed by atoms with van der Waals surface area (Å²) in [5.41, 5.74) is 1.60. The Morgan fingerprint density at radius 2 is 1.92 bits per heavy atom. The number of nitrogens with zero attached hydrogens (tertiary/aromatic N) is 4. The first-order valence-electron chi connectivity index (χ1n) is 8.61. The Morgan fingerprint density at radius 3 is 2.71 bits per heavy atom. The molecule has 0 aromatic carbocycles. The molecular weight excluding hydrogens is 320 g/mol. The first-order valence-corrected chi connectivity index (χ1v) is 9.49. The van der Waals surface area contributed by atoms with Crippen molar-refractivity contribution in [2.24, 2.45) is 5.41 Å². The number of hydrogen-bond donors (Lipinski definition) is 0. The van der Waals surface area contributed by atoms with Gasteiger partial charge in [-0.1, -0.05) is 0 Å². The summed E-state index contributed by atoms with van der Waals surface area (Å²) >= 11 is 1.75. The van der Waals surface area contributed by atoms with Gasteiger partial charge in [0.25, 0.3) is 0 Å². The molecule has 5 nitrogen and oxygen atoms in total. The number of ether oxygens (including phenoxy) is 1. The second kappa shape index (κ2) is 7.27. The van der Waals surface area contributed by atoms with Gasteiger partial charge in [0.15, 0.2) is 0 Å². The first kappa shape index (κ1) is 16.1. The third-order valence-electron chi connectivity index (χ3n) is 5.03. The van der Waals surface area contributed by atoms with Gasteiger partial charge in [0, 0.05) is 55.6 Å². The van der Waals surface area contributed by atoms with Gasteiger partial charge in [-0.2, -0.15) is 0 Å². The Morgan fingerprint density at radius 1 is 1.08 bits per heavy atom. The summed E-state index contributed by atoms with van der Waals surface area (Å²) in [4.78, 5) is 13.6. The van der Waals surface area contributed by atoms with E-state index in [1.165, 1.54) is 17.0 Å². The van der Waals surface area contributed by atoms with Crippen LogP contribution in [0.15, 0.2) is 36.1 Å². The van der Waals surface area contributed by atoms with E-state index >= 15 is 0 Å². The number of hydrogen-bond acceptors (Lipinski definition) is 6. The van der Waals surface area contributed by atoms with Crippen molar-refractivity contribution in [2.45, 2.75) is 19.5 Å². The summed E-state index contributed by atoms with van der Waals surface area (Å²) in [5, 5.41) is 3.28. The van der Waals surface area contributed by atoms with Gasteiger partial charge >= 0.3 is 0 Å². The fraction of sp³-hybridized carbons (Fsp3) is 0.556. The molecule has 4 rings (SSSR count). The van der Waals surface area contributed by atoms with Gasteiger partial charge in [0.05, 0.1) is 19.8 Å². The molecule has 24 heavy (non-hydrogen) atoms. The SMILES string of the molecule is c1cc(CN2CCOC[C@@]3(CCN(Cc4nccs4)C3)C2)ccn1. The Hall–Kier alpha value is -1.34. The van der Waals surface area contributed by atoms with E-state index in [1.54, 1.807) is 11.3 Å². The average molecular weight is 344 g/mol. The monoisotopic (exact) mass is 344 g/mol. The topological polar surface area (TPSA) is 41.5 Å². The van der Waals surface area contributed by atoms with E-state index in [0.717, 1.165) is 52.5 Å². The maximum Gasteiger partial charge on any atom is 0.107 e. The minimum Gasteiger partial charge on any atom is -0.379 e. The van der Waals surface area contributed by atoms with Crippen LogP contribution >= 0.6 is 11.3 Å². The van der Waals surface area contributed by atoms with Gasteiger partial charge in [-0.25, -0.2) is 4.98 Å². The minimum absolute atomic E-state index is 0.265. The zero-order valence-electron chi connectivity index (χ0n) is 13.9. The summed E-state index contributed by atoms with van der Waals surface area (Å²) in [6.07, 6.45) is 6.87. The van der Waals surface area contributed by atoms with Crippen LogP contribution in [0.25, 0.3) is 0 Å². The summed E-state index contributed by atoms with van der Waals surface area (Å²) in [6, 6.07) is 4.23. The Labute approximate surface area is 147 Å². The van der Waals surface area contributed by atoms with Crippen LogP contribution in [-0.4, -0.2) is 59.2 Å². The van der Waals surface area contributed by atoms with Crippen LogP contribution in [-0.2, 0) is 17.8 Å². The molecular formula is C18H24N4OS. The highest BCUT2D eigenvalue weighted by atomic mass is 32.1. The van der Waals surface area contributed by atoms with Crippen LogP contribution in [0.1, 0.15) is 17.0 Å². The Balaban J connectivity index is 1.40. The zero-order valence-corrected chi connectivity index (χ0v) is 14.7. The van der Waals surface area contributed by atoms with E-state index in [0.29, 0.717) is 0 Å². The maximum atomic E-state index is 5.99. The molecule has 0 aliphatic carbocycles. The molecule has 1 atom stereocenters. The lowest BCUT2D eigenvalue weighted by Crippen LogP contribution is -2.40. The fourth-order valence-corrected chi connectivity index (χ4v) is 4.55. The van der Waals surface area contributed by atoms with Crippen molar-refractivity contribution in [3.05, 3.63) is 46.7 Å². The van der Waals surface area contributed by atoms with E-state index in [-0.39, 0.29) is 5.41 Å². The fourth-order valence-electron chi connectivity index (χ4n) is 3.89. The molecule has 6 heteroatoms. The lowest BCUT2D eigenvalue weighted by atomic mass is 9.87. The number of rotatable bonds is 4. The average Bonchev–Trinajstić information content (AvgIpc) is 3.19. The molecule has 0 unspecified atom stereocenters. The molecule has 0 saturated carbocycles. The second-order valence-corrected chi connectivity index (χ2v) is 7.98. The highest BCUT2D eigenvalue weighted by Gasteiger charge is 2.41. The standard InChI is InChI=1S/C18H24N4OS/c1-4-19-5-2-16(1)11-22-8-9-23-15-18(14-22)3-7-21(13-18)12-17-20-6-10-24-17/h1-2,4-6,10H,3,7-9,11-15H2/t18-/m1/s1. The van der Waals surface area contributed by atoms with Crippen LogP contribution in [0.2, 0.25) is 0 Å². The zero-order chi connectivity index (χ0) is 16.2. The lowest BCUT2D eigenvalue weighted by molar-refractivity contribution is 0.0706. The van der Waals surface area contributed by atoms with Crippen molar-refractivity contribution in [2.75, 3.05) is 39.4 Å². The molecule has 2 aromatic heterocycles. The van der Waals surface area contributed by atoms with Crippen molar-refractivity contribution < 1.29 is 4.74 Å². The van der Waals surface area contributed by atoms with Crippen molar-refractivity contribution in [3.63, 3.8) is 0 Å². The van der Waals surface area contributed by atoms with Gasteiger partial charge in [0.1, 0.15) is 5.01 Å². The predicted molar refractivity (Wildman–Crippen MR) is 94.8 cm³/mol. The Bertz CT molecular complexity index is 636. The molecule has 0 amide bonds. The van der Waals surface area contributed by atoms with Crippen molar-refractivity contribution in [3.8, 4) is 0 Å². The van der Waals surface area contributed by atoms with Crippen LogP contribution in [0, 0.1) is 5.41 Å². The molecule has 2 saturated heterocycles. The van der Waals surface area contributed by atoms with Gasteiger partial charge in [-0.15, -0.1) is 11.3 Å².